The number of esters is 1. The molecule has 5 unspecified atom stereocenters. The molecule has 50 heavy (non-hydrogen) atoms. The van der Waals surface area contributed by atoms with Crippen LogP contribution in [0.3, 0.4) is 0 Å². The van der Waals surface area contributed by atoms with Crippen molar-refractivity contribution in [2.45, 2.75) is 94.9 Å². The van der Waals surface area contributed by atoms with E-state index in [2.05, 4.69) is 63.8 Å². The highest BCUT2D eigenvalue weighted by Gasteiger charge is 2.40. The quantitative estimate of drug-likeness (QED) is 0.174. The van der Waals surface area contributed by atoms with Gasteiger partial charge in [0.15, 0.2) is 0 Å². The van der Waals surface area contributed by atoms with E-state index in [4.69, 9.17) is 9.47 Å². The van der Waals surface area contributed by atoms with Crippen LogP contribution in [0.15, 0.2) is 54.6 Å². The molecule has 0 radical (unpaired) electrons. The highest BCUT2D eigenvalue weighted by molar-refractivity contribution is 5.90. The number of nitrogens with one attached hydrogen (secondary N) is 5. The second-order valence-corrected chi connectivity index (χ2v) is 14.4. The maximum absolute atomic E-state index is 13.8. The van der Waals surface area contributed by atoms with Gasteiger partial charge in [0.05, 0.1) is 26.7 Å². The summed E-state index contributed by atoms with van der Waals surface area (Å²) in [5.41, 5.74) is 8.43. The van der Waals surface area contributed by atoms with Gasteiger partial charge in [0.25, 0.3) is 0 Å². The van der Waals surface area contributed by atoms with Crippen molar-refractivity contribution in [1.82, 2.24) is 16.0 Å². The van der Waals surface area contributed by atoms with Gasteiger partial charge in [-0.1, -0.05) is 48.9 Å². The third-order valence-electron chi connectivity index (χ3n) is 11.0. The number of carbonyl (C=O) groups excluding carboxylic acids is 3. The third-order valence-corrected chi connectivity index (χ3v) is 11.0. The number of amides is 2. The smallest absolute Gasteiger partial charge is 0.307 e. The SMILES string of the molecule is COC(=O)CC(NC(=O)C1Cc2c(Cc3cccc4c3NC(C(=O)NC(C3CC3)C3CCCCN3)C4)ccc(C)c2N1)c1cccc(OC)c1. The van der Waals surface area contributed by atoms with Gasteiger partial charge in [0, 0.05) is 36.3 Å². The van der Waals surface area contributed by atoms with Crippen LogP contribution >= 0.6 is 0 Å². The summed E-state index contributed by atoms with van der Waals surface area (Å²) in [7, 11) is 2.93. The molecule has 4 aliphatic rings. The Morgan fingerprint density at radius 1 is 0.860 bits per heavy atom. The van der Waals surface area contributed by atoms with E-state index in [1.807, 2.05) is 24.3 Å². The number of hydrogen-bond donors (Lipinski definition) is 5. The van der Waals surface area contributed by atoms with Gasteiger partial charge in [-0.25, -0.2) is 0 Å². The van der Waals surface area contributed by atoms with E-state index < -0.39 is 18.1 Å². The summed E-state index contributed by atoms with van der Waals surface area (Å²) in [6.07, 6.45) is 7.81. The average Bonchev–Trinajstić information content (AvgIpc) is 3.70. The molecular weight excluding hydrogens is 630 g/mol. The fraction of sp³-hybridized carbons (Fsp3) is 0.475. The molecule has 10 heteroatoms. The first-order valence-corrected chi connectivity index (χ1v) is 18.1. The van der Waals surface area contributed by atoms with Crippen LogP contribution in [0.5, 0.6) is 5.75 Å². The highest BCUT2D eigenvalue weighted by Crippen LogP contribution is 2.38. The normalized spacial score (nSPS) is 21.9. The van der Waals surface area contributed by atoms with E-state index >= 15 is 0 Å². The lowest BCUT2D eigenvalue weighted by Gasteiger charge is -2.33. The van der Waals surface area contributed by atoms with Crippen LogP contribution in [0.4, 0.5) is 11.4 Å². The van der Waals surface area contributed by atoms with Crippen LogP contribution in [0.1, 0.15) is 77.9 Å². The number of methoxy groups -OCH3 is 2. The molecule has 0 spiro atoms. The maximum atomic E-state index is 13.8. The summed E-state index contributed by atoms with van der Waals surface area (Å²) in [6, 6.07) is 17.2. The van der Waals surface area contributed by atoms with Gasteiger partial charge in [-0.05, 0) is 97.0 Å². The van der Waals surface area contributed by atoms with Gasteiger partial charge < -0.3 is 36.1 Å². The molecule has 2 amide bonds. The van der Waals surface area contributed by atoms with Crippen LogP contribution in [-0.4, -0.2) is 62.7 Å². The van der Waals surface area contributed by atoms with Crippen LogP contribution in [-0.2, 0) is 38.4 Å². The van der Waals surface area contributed by atoms with E-state index in [0.717, 1.165) is 57.7 Å². The third kappa shape index (κ3) is 7.31. The number of aryl methyl sites for hydroxylation is 1. The van der Waals surface area contributed by atoms with Crippen molar-refractivity contribution in [2.24, 2.45) is 5.92 Å². The van der Waals surface area contributed by atoms with Gasteiger partial charge >= 0.3 is 5.97 Å². The Labute approximate surface area is 294 Å². The van der Waals surface area contributed by atoms with Crippen LogP contribution in [0, 0.1) is 12.8 Å². The second-order valence-electron chi connectivity index (χ2n) is 14.4. The summed E-state index contributed by atoms with van der Waals surface area (Å²) >= 11 is 0. The minimum absolute atomic E-state index is 0.00317. The van der Waals surface area contributed by atoms with E-state index in [0.29, 0.717) is 37.0 Å². The molecule has 0 aromatic heterocycles. The molecule has 3 heterocycles. The number of anilines is 2. The molecule has 0 bridgehead atoms. The largest absolute Gasteiger partial charge is 0.497 e. The van der Waals surface area contributed by atoms with Gasteiger partial charge in [-0.2, -0.15) is 0 Å². The molecule has 5 atom stereocenters. The van der Waals surface area contributed by atoms with Gasteiger partial charge in [-0.15, -0.1) is 0 Å². The van der Waals surface area contributed by atoms with Crippen molar-refractivity contribution in [3.05, 3.63) is 88.0 Å². The Balaban J connectivity index is 1.04. The Hall–Kier alpha value is -4.57. The lowest BCUT2D eigenvalue weighted by molar-refractivity contribution is -0.141. The average molecular weight is 680 g/mol. The topological polar surface area (TPSA) is 130 Å². The molecule has 10 nitrogen and oxygen atoms in total. The number of piperidine rings is 1. The van der Waals surface area contributed by atoms with Crippen LogP contribution < -0.4 is 31.3 Å². The minimum Gasteiger partial charge on any atom is -0.497 e. The van der Waals surface area contributed by atoms with Gasteiger partial charge in [0.2, 0.25) is 11.8 Å². The molecule has 3 aromatic carbocycles. The van der Waals surface area contributed by atoms with Crippen molar-refractivity contribution >= 4 is 29.2 Å². The van der Waals surface area contributed by atoms with E-state index in [9.17, 15) is 14.4 Å². The summed E-state index contributed by atoms with van der Waals surface area (Å²) in [6.45, 7) is 3.08. The monoisotopic (exact) mass is 679 g/mol. The van der Waals surface area contributed by atoms with Crippen molar-refractivity contribution in [1.29, 1.82) is 0 Å². The predicted molar refractivity (Wildman–Crippen MR) is 193 cm³/mol. The van der Waals surface area contributed by atoms with Crippen molar-refractivity contribution < 1.29 is 23.9 Å². The number of benzene rings is 3. The summed E-state index contributed by atoms with van der Waals surface area (Å²) in [4.78, 5) is 39.8. The van der Waals surface area contributed by atoms with Gasteiger partial charge in [-0.3, -0.25) is 14.4 Å². The fourth-order valence-electron chi connectivity index (χ4n) is 8.05. The molecule has 7 rings (SSSR count). The van der Waals surface area contributed by atoms with Crippen LogP contribution in [0.25, 0.3) is 0 Å². The lowest BCUT2D eigenvalue weighted by Crippen LogP contribution is -2.55. The first-order chi connectivity index (χ1) is 24.3. The van der Waals surface area contributed by atoms with E-state index in [1.54, 1.807) is 7.11 Å². The summed E-state index contributed by atoms with van der Waals surface area (Å²) in [5, 5.41) is 17.3. The van der Waals surface area contributed by atoms with Crippen LogP contribution in [0.2, 0.25) is 0 Å². The predicted octanol–water partition coefficient (Wildman–Crippen LogP) is 4.73. The highest BCUT2D eigenvalue weighted by atomic mass is 16.5. The first-order valence-electron chi connectivity index (χ1n) is 18.1. The zero-order valence-electron chi connectivity index (χ0n) is 29.3. The molecule has 3 aliphatic heterocycles. The number of para-hydroxylation sites is 1. The molecule has 2 fully saturated rings. The maximum Gasteiger partial charge on any atom is 0.307 e. The molecule has 5 N–H and O–H groups in total. The molecule has 1 saturated heterocycles. The number of carbonyl (C=O) groups is 3. The summed E-state index contributed by atoms with van der Waals surface area (Å²) < 4.78 is 10.3. The van der Waals surface area contributed by atoms with Crippen molar-refractivity contribution in [2.75, 3.05) is 31.4 Å². The lowest BCUT2D eigenvalue weighted by atomic mass is 9.93. The Kier molecular flexibility index (Phi) is 9.99. The summed E-state index contributed by atoms with van der Waals surface area (Å²) in [5.74, 6) is 0.716. The number of fused-ring (bicyclic) bond motifs is 2. The molecule has 1 aliphatic carbocycles. The standard InChI is InChI=1S/C40H49N5O5/c1-23-13-14-25(30-21-34(42-36(23)30)39(47)44-32(22-35(46)50-3)26-8-7-11-29(19-26)49-2)18-27-9-6-10-28-20-33(43-37(27)28)40(48)45-38(24-15-16-24)31-12-4-5-17-41-31/h6-11,13-14,19,24,31-34,38,41-43H,4-5,12,15-18,20-22H2,1-3H3,(H,44,47)(H,45,48). The fourth-order valence-corrected chi connectivity index (χ4v) is 8.05. The number of hydrogen-bond acceptors (Lipinski definition) is 8. The number of ether oxygens (including phenoxy) is 2. The first kappa shape index (κ1) is 33.9. The Morgan fingerprint density at radius 3 is 2.40 bits per heavy atom. The van der Waals surface area contributed by atoms with Crippen molar-refractivity contribution in [3.63, 3.8) is 0 Å². The second kappa shape index (κ2) is 14.7. The Bertz CT molecular complexity index is 1750. The van der Waals surface area contributed by atoms with E-state index in [1.165, 1.54) is 32.8 Å². The zero-order chi connectivity index (χ0) is 34.8. The molecule has 1 saturated carbocycles. The van der Waals surface area contributed by atoms with E-state index in [-0.39, 0.29) is 30.3 Å². The molecule has 3 aromatic rings. The van der Waals surface area contributed by atoms with Gasteiger partial charge in [0.1, 0.15) is 17.8 Å². The Morgan fingerprint density at radius 2 is 1.64 bits per heavy atom. The molecular formula is C40H49N5O5. The number of rotatable bonds is 12. The zero-order valence-corrected chi connectivity index (χ0v) is 29.3. The molecule has 264 valence electrons. The van der Waals surface area contributed by atoms with Crippen molar-refractivity contribution in [3.8, 4) is 5.75 Å². The minimum atomic E-state index is -0.572.